The molecule has 0 aliphatic carbocycles. The Bertz CT molecular complexity index is 1420. The molecule has 44 heavy (non-hydrogen) atoms. The van der Waals surface area contributed by atoms with Crippen LogP contribution in [0.4, 0.5) is 11.4 Å². The van der Waals surface area contributed by atoms with Crippen LogP contribution in [-0.4, -0.2) is 70.7 Å². The highest BCUT2D eigenvalue weighted by atomic mass is 35.5. The summed E-state index contributed by atoms with van der Waals surface area (Å²) in [6.45, 7) is 13.7. The number of fused-ring (bicyclic) bond motifs is 1. The maximum Gasteiger partial charge on any atom is 0.253 e. The molecule has 9 heteroatoms. The van der Waals surface area contributed by atoms with Gasteiger partial charge in [-0.3, -0.25) is 14.4 Å². The molecule has 5 rings (SSSR count). The zero-order valence-electron chi connectivity index (χ0n) is 25.7. The number of anilines is 2. The normalized spacial score (nSPS) is 28.3. The van der Waals surface area contributed by atoms with Crippen LogP contribution in [0.15, 0.2) is 79.9 Å². The van der Waals surface area contributed by atoms with E-state index in [-0.39, 0.29) is 43.3 Å². The summed E-state index contributed by atoms with van der Waals surface area (Å²) in [5.74, 6) is -2.74. The van der Waals surface area contributed by atoms with Crippen molar-refractivity contribution in [1.29, 1.82) is 0 Å². The molecule has 3 saturated heterocycles. The number of para-hydroxylation sites is 1. The summed E-state index contributed by atoms with van der Waals surface area (Å²) in [6.07, 6.45) is 4.93. The van der Waals surface area contributed by atoms with Crippen molar-refractivity contribution < 1.29 is 24.2 Å². The Morgan fingerprint density at radius 2 is 1.64 bits per heavy atom. The Labute approximate surface area is 264 Å². The predicted molar refractivity (Wildman–Crippen MR) is 172 cm³/mol. The Balaban J connectivity index is 1.65. The predicted octanol–water partition coefficient (Wildman–Crippen LogP) is 5.25. The highest BCUT2D eigenvalue weighted by Crippen LogP contribution is 2.64. The van der Waals surface area contributed by atoms with Crippen LogP contribution < -0.4 is 9.80 Å². The lowest BCUT2D eigenvalue weighted by molar-refractivity contribution is -0.149. The Morgan fingerprint density at radius 3 is 2.20 bits per heavy atom. The zero-order valence-corrected chi connectivity index (χ0v) is 26.5. The number of amides is 3. The molecule has 0 saturated carbocycles. The molecule has 2 unspecified atom stereocenters. The van der Waals surface area contributed by atoms with Gasteiger partial charge in [-0.05, 0) is 62.1 Å². The first-order valence-electron chi connectivity index (χ1n) is 15.4. The third-order valence-corrected chi connectivity index (χ3v) is 10.2. The van der Waals surface area contributed by atoms with Crippen LogP contribution in [0.3, 0.4) is 0 Å². The number of halogens is 1. The van der Waals surface area contributed by atoms with Gasteiger partial charge in [-0.1, -0.05) is 62.2 Å². The average Bonchev–Trinajstić information content (AvgIpc) is 3.60. The van der Waals surface area contributed by atoms with Crippen LogP contribution in [0.5, 0.6) is 0 Å². The van der Waals surface area contributed by atoms with Crippen molar-refractivity contribution in [3.05, 3.63) is 84.9 Å². The van der Waals surface area contributed by atoms with E-state index in [2.05, 4.69) is 13.2 Å². The van der Waals surface area contributed by atoms with Crippen LogP contribution >= 0.6 is 11.6 Å². The van der Waals surface area contributed by atoms with E-state index in [9.17, 15) is 19.5 Å². The van der Waals surface area contributed by atoms with Gasteiger partial charge in [0.25, 0.3) is 5.91 Å². The number of likely N-dealkylation sites (tertiary alicyclic amines) is 1. The summed E-state index contributed by atoms with van der Waals surface area (Å²) in [5, 5.41) is 11.2. The Kier molecular flexibility index (Phi) is 9.08. The van der Waals surface area contributed by atoms with Crippen molar-refractivity contribution in [3.63, 3.8) is 0 Å². The smallest absolute Gasteiger partial charge is 0.253 e. The fraction of sp³-hybridized carbons (Fsp3) is 0.457. The topological polar surface area (TPSA) is 90.4 Å². The van der Waals surface area contributed by atoms with Crippen molar-refractivity contribution in [1.82, 2.24) is 4.90 Å². The number of carbonyl (C=O) groups is 3. The third-order valence-electron chi connectivity index (χ3n) is 9.92. The van der Waals surface area contributed by atoms with Crippen molar-refractivity contribution in [3.8, 4) is 0 Å². The summed E-state index contributed by atoms with van der Waals surface area (Å²) in [5.41, 5.74) is -0.902. The molecule has 3 fully saturated rings. The van der Waals surface area contributed by atoms with E-state index in [0.717, 1.165) is 0 Å². The molecule has 0 radical (unpaired) electrons. The first-order chi connectivity index (χ1) is 21.1. The number of ether oxygens (including phenoxy) is 1. The van der Waals surface area contributed by atoms with Gasteiger partial charge < -0.3 is 24.5 Å². The molecule has 2 aromatic carbocycles. The molecule has 3 amide bonds. The number of carbonyl (C=O) groups excluding carboxylic acids is 3. The largest absolute Gasteiger partial charge is 0.394 e. The number of hydrogen-bond donors (Lipinski definition) is 1. The van der Waals surface area contributed by atoms with Crippen LogP contribution in [-0.2, 0) is 19.1 Å². The molecular weight excluding hydrogens is 578 g/mol. The number of hydrogen-bond acceptors (Lipinski definition) is 5. The number of aliphatic hydroxyl groups is 1. The van der Waals surface area contributed by atoms with Gasteiger partial charge in [0, 0.05) is 29.5 Å². The lowest BCUT2D eigenvalue weighted by atomic mass is 9.66. The second kappa shape index (κ2) is 12.5. The van der Waals surface area contributed by atoms with Crippen LogP contribution in [0.25, 0.3) is 0 Å². The highest BCUT2D eigenvalue weighted by Gasteiger charge is 2.79. The second-order valence-corrected chi connectivity index (χ2v) is 12.8. The van der Waals surface area contributed by atoms with E-state index >= 15 is 0 Å². The third kappa shape index (κ3) is 5.07. The average molecular weight is 620 g/mol. The molecule has 234 valence electrons. The Hall–Kier alpha value is -3.46. The summed E-state index contributed by atoms with van der Waals surface area (Å²) in [6, 6.07) is 14.5. The van der Waals surface area contributed by atoms with Gasteiger partial charge in [-0.15, -0.1) is 13.2 Å². The number of aliphatic hydroxyl groups excluding tert-OH is 1. The molecule has 3 heterocycles. The molecule has 2 bridgehead atoms. The van der Waals surface area contributed by atoms with Gasteiger partial charge in [-0.25, -0.2) is 0 Å². The molecule has 1 N–H and O–H groups in total. The summed E-state index contributed by atoms with van der Waals surface area (Å²) >= 11 is 6.16. The highest BCUT2D eigenvalue weighted by molar-refractivity contribution is 6.30. The van der Waals surface area contributed by atoms with E-state index in [1.165, 1.54) is 0 Å². The fourth-order valence-corrected chi connectivity index (χ4v) is 7.76. The zero-order chi connectivity index (χ0) is 31.8. The Morgan fingerprint density at radius 1 is 1.05 bits per heavy atom. The van der Waals surface area contributed by atoms with Gasteiger partial charge in [-0.2, -0.15) is 0 Å². The lowest BCUT2D eigenvalue weighted by Crippen LogP contribution is -2.60. The second-order valence-electron chi connectivity index (χ2n) is 12.4. The SMILES string of the molecule is C=CCN(C(=O)C1N([C@@H](CO)[C@@H](C)CC)C(=O)[C@@H]2[C@H](C(=O)N(CC=C)c3ccccc3)[C@]3(C)CCC12O3)c1ccc(Cl)cc1. The number of benzene rings is 2. The quantitative estimate of drug-likeness (QED) is 0.328. The van der Waals surface area contributed by atoms with Crippen molar-refractivity contribution in [2.24, 2.45) is 17.8 Å². The first kappa shape index (κ1) is 31.9. The van der Waals surface area contributed by atoms with E-state index in [0.29, 0.717) is 35.7 Å². The molecule has 8 nitrogen and oxygen atoms in total. The minimum atomic E-state index is -1.24. The standard InChI is InChI=1S/C35H42ClN3O5/c1-6-20-37(25-12-10-9-11-13-25)31(41)28-29-32(42)39(27(22-40)23(4)8-3)30(35(29)19-18-34(28,5)44-35)33(43)38(21-7-2)26-16-14-24(36)15-17-26/h6-7,9-17,23,27-30,40H,1-2,8,18-22H2,3-5H3/t23-,27-,28+,29-,30?,34-,35?/m0/s1. The first-order valence-corrected chi connectivity index (χ1v) is 15.7. The number of nitrogens with zero attached hydrogens (tertiary/aromatic N) is 3. The minimum absolute atomic E-state index is 0.110. The number of rotatable bonds is 12. The molecule has 3 aliphatic rings. The van der Waals surface area contributed by atoms with Crippen LogP contribution in [0, 0.1) is 17.8 Å². The summed E-state index contributed by atoms with van der Waals surface area (Å²) in [7, 11) is 0. The van der Waals surface area contributed by atoms with Gasteiger partial charge in [0.1, 0.15) is 11.6 Å². The maximum absolute atomic E-state index is 14.9. The minimum Gasteiger partial charge on any atom is -0.394 e. The van der Waals surface area contributed by atoms with Gasteiger partial charge in [0.05, 0.1) is 30.1 Å². The van der Waals surface area contributed by atoms with E-state index in [1.807, 2.05) is 51.1 Å². The molecule has 2 aromatic rings. The molecule has 0 aromatic heterocycles. The lowest BCUT2D eigenvalue weighted by Gasteiger charge is -2.41. The molecular formula is C35H42ClN3O5. The van der Waals surface area contributed by atoms with E-state index in [4.69, 9.17) is 16.3 Å². The van der Waals surface area contributed by atoms with Gasteiger partial charge in [0.2, 0.25) is 11.8 Å². The maximum atomic E-state index is 14.9. The molecule has 1 spiro atoms. The van der Waals surface area contributed by atoms with E-state index in [1.54, 1.807) is 51.1 Å². The summed E-state index contributed by atoms with van der Waals surface area (Å²) < 4.78 is 6.88. The summed E-state index contributed by atoms with van der Waals surface area (Å²) in [4.78, 5) is 49.0. The van der Waals surface area contributed by atoms with Crippen molar-refractivity contribution in [2.75, 3.05) is 29.5 Å². The van der Waals surface area contributed by atoms with Crippen molar-refractivity contribution >= 4 is 40.7 Å². The van der Waals surface area contributed by atoms with Gasteiger partial charge in [0.15, 0.2) is 0 Å². The van der Waals surface area contributed by atoms with Crippen molar-refractivity contribution in [2.45, 2.75) is 63.3 Å². The van der Waals surface area contributed by atoms with Gasteiger partial charge >= 0.3 is 0 Å². The van der Waals surface area contributed by atoms with Crippen LogP contribution in [0.1, 0.15) is 40.0 Å². The van der Waals surface area contributed by atoms with Crippen LogP contribution in [0.2, 0.25) is 5.02 Å². The molecule has 7 atom stereocenters. The monoisotopic (exact) mass is 619 g/mol. The van der Waals surface area contributed by atoms with E-state index < -0.39 is 35.1 Å². The molecule has 3 aliphatic heterocycles. The fourth-order valence-electron chi connectivity index (χ4n) is 7.64.